The van der Waals surface area contributed by atoms with Crippen LogP contribution in [0.15, 0.2) is 54.6 Å². The van der Waals surface area contributed by atoms with Crippen molar-refractivity contribution in [3.8, 4) is 12.1 Å². The average Bonchev–Trinajstić information content (AvgIpc) is 2.46. The molecule has 0 aliphatic heterocycles. The van der Waals surface area contributed by atoms with Crippen LogP contribution in [0.25, 0.3) is 11.6 Å². The van der Waals surface area contributed by atoms with Crippen LogP contribution in [-0.4, -0.2) is 0 Å². The largest absolute Gasteiger partial charge is 0.192 e. The molecule has 0 amide bonds. The van der Waals surface area contributed by atoms with Crippen molar-refractivity contribution in [3.63, 3.8) is 0 Å². The van der Waals surface area contributed by atoms with E-state index in [1.165, 1.54) is 0 Å². The lowest BCUT2D eigenvalue weighted by Gasteiger charge is -2.01. The lowest BCUT2D eigenvalue weighted by molar-refractivity contribution is 1.46. The van der Waals surface area contributed by atoms with Crippen molar-refractivity contribution >= 4 is 11.6 Å². The Morgan fingerprint density at radius 1 is 0.889 bits per heavy atom. The second kappa shape index (κ2) is 5.48. The van der Waals surface area contributed by atoms with Gasteiger partial charge in [0.1, 0.15) is 0 Å². The second-order valence-electron chi connectivity index (χ2n) is 3.74. The SMILES string of the molecule is N#C/C(=C\c1ccccc1)c1ccccc1C#N. The van der Waals surface area contributed by atoms with E-state index in [2.05, 4.69) is 12.1 Å². The summed E-state index contributed by atoms with van der Waals surface area (Å²) in [5.41, 5.74) is 2.63. The van der Waals surface area contributed by atoms with Crippen LogP contribution in [0.5, 0.6) is 0 Å². The molecule has 0 N–H and O–H groups in total. The molecule has 0 spiro atoms. The van der Waals surface area contributed by atoms with Crippen LogP contribution in [0.2, 0.25) is 0 Å². The maximum atomic E-state index is 9.23. The van der Waals surface area contributed by atoms with Gasteiger partial charge >= 0.3 is 0 Å². The lowest BCUT2D eigenvalue weighted by atomic mass is 9.99. The summed E-state index contributed by atoms with van der Waals surface area (Å²) in [5.74, 6) is 0. The fraction of sp³-hybridized carbons (Fsp3) is 0. The summed E-state index contributed by atoms with van der Waals surface area (Å²) < 4.78 is 0. The fourth-order valence-corrected chi connectivity index (χ4v) is 1.70. The highest BCUT2D eigenvalue weighted by Gasteiger charge is 2.06. The van der Waals surface area contributed by atoms with Crippen molar-refractivity contribution in [2.24, 2.45) is 0 Å². The third-order valence-corrected chi connectivity index (χ3v) is 2.57. The fourth-order valence-electron chi connectivity index (χ4n) is 1.70. The minimum absolute atomic E-state index is 0.498. The number of rotatable bonds is 2. The van der Waals surface area contributed by atoms with Crippen molar-refractivity contribution < 1.29 is 0 Å². The van der Waals surface area contributed by atoms with Crippen molar-refractivity contribution in [3.05, 3.63) is 71.3 Å². The molecule has 0 saturated heterocycles. The first-order valence-corrected chi connectivity index (χ1v) is 5.51. The van der Waals surface area contributed by atoms with E-state index in [4.69, 9.17) is 5.26 Å². The van der Waals surface area contributed by atoms with E-state index in [9.17, 15) is 5.26 Å². The van der Waals surface area contributed by atoms with Crippen LogP contribution >= 0.6 is 0 Å². The summed E-state index contributed by atoms with van der Waals surface area (Å²) in [6.45, 7) is 0. The average molecular weight is 230 g/mol. The Labute approximate surface area is 106 Å². The van der Waals surface area contributed by atoms with Crippen molar-refractivity contribution in [1.82, 2.24) is 0 Å². The van der Waals surface area contributed by atoms with E-state index >= 15 is 0 Å². The number of nitrogens with zero attached hydrogens (tertiary/aromatic N) is 2. The summed E-state index contributed by atoms with van der Waals surface area (Å²) in [7, 11) is 0. The summed E-state index contributed by atoms with van der Waals surface area (Å²) in [5, 5.41) is 18.3. The molecule has 2 nitrogen and oxygen atoms in total. The molecule has 0 aliphatic carbocycles. The minimum atomic E-state index is 0.498. The highest BCUT2D eigenvalue weighted by atomic mass is 14.3. The Hall–Kier alpha value is -2.84. The van der Waals surface area contributed by atoms with Gasteiger partial charge in [-0.3, -0.25) is 0 Å². The lowest BCUT2D eigenvalue weighted by Crippen LogP contribution is -1.87. The Morgan fingerprint density at radius 2 is 1.56 bits per heavy atom. The number of nitriles is 2. The van der Waals surface area contributed by atoms with E-state index in [1.54, 1.807) is 24.3 Å². The monoisotopic (exact) mass is 230 g/mol. The van der Waals surface area contributed by atoms with Gasteiger partial charge in [-0.05, 0) is 17.7 Å². The molecule has 0 unspecified atom stereocenters. The predicted octanol–water partition coefficient (Wildman–Crippen LogP) is 3.62. The molecule has 0 aromatic heterocycles. The molecule has 2 aromatic carbocycles. The zero-order valence-electron chi connectivity index (χ0n) is 9.67. The summed E-state index contributed by atoms with van der Waals surface area (Å²) in [4.78, 5) is 0. The molecule has 0 atom stereocenters. The van der Waals surface area contributed by atoms with Gasteiger partial charge in [-0.2, -0.15) is 10.5 Å². The molecule has 2 aromatic rings. The van der Waals surface area contributed by atoms with E-state index in [-0.39, 0.29) is 0 Å². The first-order valence-electron chi connectivity index (χ1n) is 5.51. The Kier molecular flexibility index (Phi) is 3.54. The van der Waals surface area contributed by atoms with Gasteiger partial charge in [0.25, 0.3) is 0 Å². The quantitative estimate of drug-likeness (QED) is 0.584. The standard InChI is InChI=1S/C16H10N2/c17-11-14-8-4-5-9-16(14)15(12-18)10-13-6-2-1-3-7-13/h1-10H/b15-10+. The van der Waals surface area contributed by atoms with Crippen molar-refractivity contribution in [2.45, 2.75) is 0 Å². The summed E-state index contributed by atoms with van der Waals surface area (Å²) >= 11 is 0. The molecule has 2 rings (SSSR count). The molecular weight excluding hydrogens is 220 g/mol. The molecule has 0 bridgehead atoms. The molecule has 0 fully saturated rings. The van der Waals surface area contributed by atoms with Gasteiger partial charge in [0, 0.05) is 5.56 Å². The molecule has 0 radical (unpaired) electrons. The second-order valence-corrected chi connectivity index (χ2v) is 3.74. The molecular formula is C16H10N2. The van der Waals surface area contributed by atoms with Gasteiger partial charge in [0.2, 0.25) is 0 Å². The number of benzene rings is 2. The minimum Gasteiger partial charge on any atom is -0.192 e. The molecule has 2 heteroatoms. The van der Waals surface area contributed by atoms with Crippen LogP contribution in [-0.2, 0) is 0 Å². The smallest absolute Gasteiger partial charge is 0.0998 e. The predicted molar refractivity (Wildman–Crippen MR) is 71.1 cm³/mol. The van der Waals surface area contributed by atoms with E-state index < -0.39 is 0 Å². The van der Waals surface area contributed by atoms with Crippen LogP contribution < -0.4 is 0 Å². The maximum absolute atomic E-state index is 9.23. The Morgan fingerprint density at radius 3 is 2.22 bits per heavy atom. The number of hydrogen-bond acceptors (Lipinski definition) is 2. The van der Waals surface area contributed by atoms with Crippen molar-refractivity contribution in [1.29, 1.82) is 10.5 Å². The molecule has 0 aliphatic rings. The first kappa shape index (κ1) is 11.6. The zero-order valence-corrected chi connectivity index (χ0v) is 9.67. The van der Waals surface area contributed by atoms with Crippen LogP contribution in [0.4, 0.5) is 0 Å². The van der Waals surface area contributed by atoms with Gasteiger partial charge in [0.05, 0.1) is 23.3 Å². The number of allylic oxidation sites excluding steroid dienone is 1. The van der Waals surface area contributed by atoms with E-state index in [1.807, 2.05) is 36.4 Å². The van der Waals surface area contributed by atoms with Crippen LogP contribution in [0, 0.1) is 22.7 Å². The zero-order chi connectivity index (χ0) is 12.8. The molecule has 84 valence electrons. The maximum Gasteiger partial charge on any atom is 0.0998 e. The molecule has 18 heavy (non-hydrogen) atoms. The van der Waals surface area contributed by atoms with Gasteiger partial charge in [-0.1, -0.05) is 48.5 Å². The molecule has 0 heterocycles. The first-order chi connectivity index (χ1) is 8.85. The highest BCUT2D eigenvalue weighted by molar-refractivity contribution is 5.91. The highest BCUT2D eigenvalue weighted by Crippen LogP contribution is 2.20. The summed E-state index contributed by atoms with van der Waals surface area (Å²) in [6, 6.07) is 21.0. The third-order valence-electron chi connectivity index (χ3n) is 2.57. The summed E-state index contributed by atoms with van der Waals surface area (Å²) in [6.07, 6.45) is 1.79. The molecule has 0 saturated carbocycles. The van der Waals surface area contributed by atoms with Gasteiger partial charge in [-0.15, -0.1) is 0 Å². The topological polar surface area (TPSA) is 47.6 Å². The van der Waals surface area contributed by atoms with Gasteiger partial charge < -0.3 is 0 Å². The van der Waals surface area contributed by atoms with Crippen LogP contribution in [0.3, 0.4) is 0 Å². The Balaban J connectivity index is 2.51. The Bertz CT molecular complexity index is 655. The van der Waals surface area contributed by atoms with Gasteiger partial charge in [-0.25, -0.2) is 0 Å². The van der Waals surface area contributed by atoms with Crippen molar-refractivity contribution in [2.75, 3.05) is 0 Å². The van der Waals surface area contributed by atoms with Crippen LogP contribution in [0.1, 0.15) is 16.7 Å². The third kappa shape index (κ3) is 2.45. The normalized spacial score (nSPS) is 10.4. The van der Waals surface area contributed by atoms with E-state index in [0.717, 1.165) is 5.56 Å². The number of hydrogen-bond donors (Lipinski definition) is 0. The van der Waals surface area contributed by atoms with E-state index in [0.29, 0.717) is 16.7 Å². The van der Waals surface area contributed by atoms with Gasteiger partial charge in [0.15, 0.2) is 0 Å².